The zero-order valence-electron chi connectivity index (χ0n) is 7.08. The van der Waals surface area contributed by atoms with Gasteiger partial charge in [0.25, 0.3) is 5.69 Å². The van der Waals surface area contributed by atoms with Crippen molar-refractivity contribution < 1.29 is 4.92 Å². The van der Waals surface area contributed by atoms with Gasteiger partial charge in [0.15, 0.2) is 0 Å². The van der Waals surface area contributed by atoms with E-state index in [0.717, 1.165) is 5.56 Å². The molecule has 4 nitrogen and oxygen atoms in total. The Morgan fingerprint density at radius 2 is 2.31 bits per heavy atom. The van der Waals surface area contributed by atoms with Crippen LogP contribution in [0.25, 0.3) is 0 Å². The summed E-state index contributed by atoms with van der Waals surface area (Å²) in [6.45, 7) is 0. The smallest absolute Gasteiger partial charge is 0.292 e. The highest BCUT2D eigenvalue weighted by atomic mass is 79.9. The zero-order valence-corrected chi connectivity index (χ0v) is 8.67. The van der Waals surface area contributed by atoms with Crippen LogP contribution < -0.4 is 5.32 Å². The van der Waals surface area contributed by atoms with Crippen molar-refractivity contribution in [2.75, 3.05) is 12.4 Å². The lowest BCUT2D eigenvalue weighted by Gasteiger charge is -2.06. The Balaban J connectivity index is 3.27. The molecule has 0 aliphatic carbocycles. The van der Waals surface area contributed by atoms with Crippen molar-refractivity contribution in [3.8, 4) is 0 Å². The van der Waals surface area contributed by atoms with E-state index in [4.69, 9.17) is 0 Å². The lowest BCUT2D eigenvalue weighted by atomic mass is 10.2. The van der Waals surface area contributed by atoms with Crippen molar-refractivity contribution in [3.63, 3.8) is 0 Å². The maximum Gasteiger partial charge on any atom is 0.292 e. The number of para-hydroxylation sites is 1. The number of nitro benzene ring substituents is 1. The maximum absolute atomic E-state index is 10.6. The summed E-state index contributed by atoms with van der Waals surface area (Å²) in [6, 6.07) is 5.00. The van der Waals surface area contributed by atoms with Crippen molar-refractivity contribution in [1.82, 2.24) is 0 Å². The molecule has 0 atom stereocenters. The van der Waals surface area contributed by atoms with Crippen LogP contribution in [-0.2, 0) is 5.33 Å². The quantitative estimate of drug-likeness (QED) is 0.505. The number of hydrogen-bond acceptors (Lipinski definition) is 3. The van der Waals surface area contributed by atoms with Crippen LogP contribution in [0.1, 0.15) is 5.56 Å². The first-order valence-electron chi connectivity index (χ1n) is 3.70. The third-order valence-electron chi connectivity index (χ3n) is 1.72. The molecule has 13 heavy (non-hydrogen) atoms. The number of hydrogen-bond donors (Lipinski definition) is 1. The van der Waals surface area contributed by atoms with Gasteiger partial charge in [-0.05, 0) is 5.56 Å². The van der Waals surface area contributed by atoms with Crippen LogP contribution in [0.3, 0.4) is 0 Å². The predicted molar refractivity (Wildman–Crippen MR) is 55.3 cm³/mol. The minimum Gasteiger partial charge on any atom is -0.382 e. The van der Waals surface area contributed by atoms with Crippen LogP contribution in [0, 0.1) is 10.1 Å². The van der Waals surface area contributed by atoms with Crippen molar-refractivity contribution in [2.45, 2.75) is 5.33 Å². The predicted octanol–water partition coefficient (Wildman–Crippen LogP) is 2.53. The first kappa shape index (κ1) is 9.98. The van der Waals surface area contributed by atoms with Gasteiger partial charge in [-0.1, -0.05) is 28.1 Å². The summed E-state index contributed by atoms with van der Waals surface area (Å²) in [5, 5.41) is 14.0. The molecule has 0 aliphatic heterocycles. The molecule has 0 aromatic heterocycles. The van der Waals surface area contributed by atoms with Crippen molar-refractivity contribution in [2.24, 2.45) is 0 Å². The molecular formula is C8H9BrN2O2. The van der Waals surface area contributed by atoms with E-state index in [9.17, 15) is 10.1 Å². The SMILES string of the molecule is CNc1c(CBr)cccc1[N+](=O)[O-]. The molecule has 0 saturated heterocycles. The second-order valence-electron chi connectivity index (χ2n) is 2.45. The Hall–Kier alpha value is -1.10. The molecule has 0 heterocycles. The highest BCUT2D eigenvalue weighted by Gasteiger charge is 2.14. The minimum atomic E-state index is -0.391. The second-order valence-corrected chi connectivity index (χ2v) is 3.01. The van der Waals surface area contributed by atoms with E-state index in [-0.39, 0.29) is 5.69 Å². The standard InChI is InChI=1S/C8H9BrN2O2/c1-10-8-6(5-9)3-2-4-7(8)11(12)13/h2-4,10H,5H2,1H3. The molecule has 1 aromatic carbocycles. The maximum atomic E-state index is 10.6. The molecule has 0 saturated carbocycles. The van der Waals surface area contributed by atoms with Gasteiger partial charge in [0.1, 0.15) is 5.69 Å². The Morgan fingerprint density at radius 1 is 1.62 bits per heavy atom. The van der Waals surface area contributed by atoms with Gasteiger partial charge >= 0.3 is 0 Å². The molecule has 0 fully saturated rings. The van der Waals surface area contributed by atoms with E-state index in [1.807, 2.05) is 6.07 Å². The number of alkyl halides is 1. The molecule has 1 aromatic rings. The Kier molecular flexibility index (Phi) is 3.25. The molecule has 0 radical (unpaired) electrons. The molecule has 0 aliphatic rings. The van der Waals surface area contributed by atoms with Gasteiger partial charge in [0.2, 0.25) is 0 Å². The molecule has 0 unspecified atom stereocenters. The van der Waals surface area contributed by atoms with Gasteiger partial charge in [0, 0.05) is 18.4 Å². The summed E-state index contributed by atoms with van der Waals surface area (Å²) in [4.78, 5) is 10.2. The fourth-order valence-corrected chi connectivity index (χ4v) is 1.61. The fourth-order valence-electron chi connectivity index (χ4n) is 1.14. The summed E-state index contributed by atoms with van der Waals surface area (Å²) in [6.07, 6.45) is 0. The van der Waals surface area contributed by atoms with Crippen molar-refractivity contribution in [1.29, 1.82) is 0 Å². The number of nitrogens with zero attached hydrogens (tertiary/aromatic N) is 1. The number of anilines is 1. The van der Waals surface area contributed by atoms with Crippen LogP contribution in [0.2, 0.25) is 0 Å². The second kappa shape index (κ2) is 4.23. The van der Waals surface area contributed by atoms with Gasteiger partial charge in [-0.25, -0.2) is 0 Å². The van der Waals surface area contributed by atoms with Crippen LogP contribution >= 0.6 is 15.9 Å². The van der Waals surface area contributed by atoms with Gasteiger partial charge in [-0.15, -0.1) is 0 Å². The zero-order chi connectivity index (χ0) is 9.84. The van der Waals surface area contributed by atoms with Crippen LogP contribution in [0.4, 0.5) is 11.4 Å². The summed E-state index contributed by atoms with van der Waals surface area (Å²) in [7, 11) is 1.68. The number of nitro groups is 1. The molecule has 1 N–H and O–H groups in total. The average molecular weight is 245 g/mol. The molecule has 1 rings (SSSR count). The number of nitrogens with one attached hydrogen (secondary N) is 1. The van der Waals surface area contributed by atoms with E-state index in [2.05, 4.69) is 21.2 Å². The molecule has 70 valence electrons. The molecule has 0 spiro atoms. The van der Waals surface area contributed by atoms with E-state index in [1.54, 1.807) is 13.1 Å². The van der Waals surface area contributed by atoms with Gasteiger partial charge in [0.05, 0.1) is 4.92 Å². The summed E-state index contributed by atoms with van der Waals surface area (Å²) in [5.41, 5.74) is 1.57. The minimum absolute atomic E-state index is 0.111. The van der Waals surface area contributed by atoms with E-state index in [1.165, 1.54) is 6.07 Å². The van der Waals surface area contributed by atoms with E-state index >= 15 is 0 Å². The molecular weight excluding hydrogens is 236 g/mol. The van der Waals surface area contributed by atoms with Gasteiger partial charge in [-0.3, -0.25) is 10.1 Å². The first-order chi connectivity index (χ1) is 6.20. The topological polar surface area (TPSA) is 55.2 Å². The lowest BCUT2D eigenvalue weighted by Crippen LogP contribution is -1.99. The normalized spacial score (nSPS) is 9.69. The van der Waals surface area contributed by atoms with E-state index < -0.39 is 4.92 Å². The monoisotopic (exact) mass is 244 g/mol. The Labute approximate surface area is 84.2 Å². The molecule has 0 amide bonds. The Bertz CT molecular complexity index is 328. The largest absolute Gasteiger partial charge is 0.382 e. The Morgan fingerprint density at radius 3 is 2.77 bits per heavy atom. The van der Waals surface area contributed by atoms with Crippen molar-refractivity contribution in [3.05, 3.63) is 33.9 Å². The number of halogens is 1. The van der Waals surface area contributed by atoms with Gasteiger partial charge < -0.3 is 5.32 Å². The van der Waals surface area contributed by atoms with Crippen LogP contribution in [0.5, 0.6) is 0 Å². The van der Waals surface area contributed by atoms with Crippen molar-refractivity contribution >= 4 is 27.3 Å². The summed E-state index contributed by atoms with van der Waals surface area (Å²) >= 11 is 3.27. The van der Waals surface area contributed by atoms with Crippen LogP contribution in [0.15, 0.2) is 18.2 Å². The third kappa shape index (κ3) is 1.98. The average Bonchev–Trinajstić information content (AvgIpc) is 2.16. The fraction of sp³-hybridized carbons (Fsp3) is 0.250. The number of benzene rings is 1. The highest BCUT2D eigenvalue weighted by Crippen LogP contribution is 2.28. The number of rotatable bonds is 3. The van der Waals surface area contributed by atoms with E-state index in [0.29, 0.717) is 11.0 Å². The molecule has 5 heteroatoms. The van der Waals surface area contributed by atoms with Crippen LogP contribution in [-0.4, -0.2) is 12.0 Å². The lowest BCUT2D eigenvalue weighted by molar-refractivity contribution is -0.384. The highest BCUT2D eigenvalue weighted by molar-refractivity contribution is 9.08. The first-order valence-corrected chi connectivity index (χ1v) is 4.83. The van der Waals surface area contributed by atoms with Gasteiger partial charge in [-0.2, -0.15) is 0 Å². The third-order valence-corrected chi connectivity index (χ3v) is 2.32. The molecule has 0 bridgehead atoms. The summed E-state index contributed by atoms with van der Waals surface area (Å²) < 4.78 is 0. The summed E-state index contributed by atoms with van der Waals surface area (Å²) in [5.74, 6) is 0.